The summed E-state index contributed by atoms with van der Waals surface area (Å²) in [6.07, 6.45) is 3.19. The van der Waals surface area contributed by atoms with Crippen molar-refractivity contribution in [3.05, 3.63) is 30.1 Å². The van der Waals surface area contributed by atoms with E-state index in [0.717, 1.165) is 17.2 Å². The third-order valence-corrected chi connectivity index (χ3v) is 2.30. The number of aromatic nitrogens is 4. The molecule has 2 aromatic heterocycles. The minimum Gasteiger partial charge on any atom is -0.308 e. The maximum atomic E-state index is 5.27. The summed E-state index contributed by atoms with van der Waals surface area (Å²) in [6, 6.07) is 1.76. The first-order valence-electron chi connectivity index (χ1n) is 4.52. The number of nitrogens with one attached hydrogen (secondary N) is 1. The Bertz CT molecular complexity index is 475. The van der Waals surface area contributed by atoms with Gasteiger partial charge in [-0.3, -0.25) is 4.57 Å². The molecule has 0 atom stereocenters. The fourth-order valence-electron chi connectivity index (χ4n) is 1.29. The van der Waals surface area contributed by atoms with E-state index >= 15 is 0 Å². The van der Waals surface area contributed by atoms with Crippen molar-refractivity contribution in [1.82, 2.24) is 19.5 Å². The largest absolute Gasteiger partial charge is 0.308 e. The number of nitrogens with two attached hydrogens (primary N) is 1. The molecular weight excluding hydrogens is 192 g/mol. The number of hydrogen-bond acceptors (Lipinski definition) is 5. The van der Waals surface area contributed by atoms with Crippen molar-refractivity contribution in [1.29, 1.82) is 0 Å². The Morgan fingerprint density at radius 1 is 1.27 bits per heavy atom. The lowest BCUT2D eigenvalue weighted by Gasteiger charge is -2.05. The molecule has 0 saturated heterocycles. The molecule has 0 aliphatic carbocycles. The first kappa shape index (κ1) is 9.60. The maximum Gasteiger partial charge on any atom is 0.145 e. The van der Waals surface area contributed by atoms with E-state index in [9.17, 15) is 0 Å². The minimum absolute atomic E-state index is 0.575. The van der Waals surface area contributed by atoms with Crippen LogP contribution in [-0.4, -0.2) is 19.5 Å². The third-order valence-electron chi connectivity index (χ3n) is 2.30. The Morgan fingerprint density at radius 3 is 2.67 bits per heavy atom. The molecule has 0 bridgehead atoms. The highest BCUT2D eigenvalue weighted by Gasteiger charge is 2.05. The Hall–Kier alpha value is -1.95. The molecule has 0 fully saturated rings. The number of hydrazine groups is 1. The number of nitrogens with zero attached hydrogens (tertiary/aromatic N) is 4. The molecule has 15 heavy (non-hydrogen) atoms. The van der Waals surface area contributed by atoms with Crippen LogP contribution in [-0.2, 0) is 0 Å². The van der Waals surface area contributed by atoms with Gasteiger partial charge >= 0.3 is 0 Å². The van der Waals surface area contributed by atoms with E-state index in [2.05, 4.69) is 20.4 Å². The molecule has 6 nitrogen and oxygen atoms in total. The summed E-state index contributed by atoms with van der Waals surface area (Å²) in [7, 11) is 0. The zero-order chi connectivity index (χ0) is 10.8. The molecule has 2 heterocycles. The van der Waals surface area contributed by atoms with Crippen molar-refractivity contribution < 1.29 is 0 Å². The molecular formula is C9H12N6. The second-order valence-electron chi connectivity index (χ2n) is 3.19. The topological polar surface area (TPSA) is 81.7 Å². The molecule has 0 unspecified atom stereocenters. The average molecular weight is 204 g/mol. The average Bonchev–Trinajstić information content (AvgIpc) is 2.60. The molecule has 2 rings (SSSR count). The number of nitrogen functional groups attached to an aromatic ring is 1. The van der Waals surface area contributed by atoms with Crippen molar-refractivity contribution in [2.75, 3.05) is 5.43 Å². The zero-order valence-corrected chi connectivity index (χ0v) is 8.60. The SMILES string of the molecule is Cc1ncn(-c2cc(NN)ncn2)c1C. The Labute approximate surface area is 87.2 Å². The van der Waals surface area contributed by atoms with Crippen molar-refractivity contribution in [2.45, 2.75) is 13.8 Å². The van der Waals surface area contributed by atoms with Crippen LogP contribution in [0.2, 0.25) is 0 Å². The number of hydrogen-bond donors (Lipinski definition) is 2. The van der Waals surface area contributed by atoms with Crippen molar-refractivity contribution in [3.63, 3.8) is 0 Å². The molecule has 0 spiro atoms. The van der Waals surface area contributed by atoms with Gasteiger partial charge in [0.15, 0.2) is 0 Å². The second kappa shape index (κ2) is 3.66. The molecule has 78 valence electrons. The Kier molecular flexibility index (Phi) is 2.34. The predicted octanol–water partition coefficient (Wildman–Crippen LogP) is 0.565. The summed E-state index contributed by atoms with van der Waals surface area (Å²) in [5, 5.41) is 0. The summed E-state index contributed by atoms with van der Waals surface area (Å²) in [5.74, 6) is 6.60. The van der Waals surface area contributed by atoms with Crippen LogP contribution in [0.1, 0.15) is 11.4 Å². The smallest absolute Gasteiger partial charge is 0.145 e. The van der Waals surface area contributed by atoms with Gasteiger partial charge in [-0.1, -0.05) is 0 Å². The lowest BCUT2D eigenvalue weighted by atomic mass is 10.4. The van der Waals surface area contributed by atoms with Crippen LogP contribution in [0.4, 0.5) is 5.82 Å². The van der Waals surface area contributed by atoms with Gasteiger partial charge in [0, 0.05) is 11.8 Å². The number of imidazole rings is 1. The number of aryl methyl sites for hydroxylation is 1. The highest BCUT2D eigenvalue weighted by atomic mass is 15.3. The summed E-state index contributed by atoms with van der Waals surface area (Å²) < 4.78 is 1.89. The lowest BCUT2D eigenvalue weighted by molar-refractivity contribution is 0.934. The second-order valence-corrected chi connectivity index (χ2v) is 3.19. The van der Waals surface area contributed by atoms with Crippen molar-refractivity contribution in [3.8, 4) is 5.82 Å². The standard InChI is InChI=1S/C9H12N6/c1-6-7(2)15(5-13-6)9-3-8(14-10)11-4-12-9/h3-5H,10H2,1-2H3,(H,11,12,14). The van der Waals surface area contributed by atoms with Gasteiger partial charge in [0.25, 0.3) is 0 Å². The fourth-order valence-corrected chi connectivity index (χ4v) is 1.29. The summed E-state index contributed by atoms with van der Waals surface area (Å²) >= 11 is 0. The summed E-state index contributed by atoms with van der Waals surface area (Å²) in [6.45, 7) is 3.94. The number of anilines is 1. The van der Waals surface area contributed by atoms with Gasteiger partial charge in [0.1, 0.15) is 24.3 Å². The minimum atomic E-state index is 0.575. The first-order chi connectivity index (χ1) is 7.22. The van der Waals surface area contributed by atoms with Crippen LogP contribution in [0.5, 0.6) is 0 Å². The van der Waals surface area contributed by atoms with E-state index in [0.29, 0.717) is 5.82 Å². The van der Waals surface area contributed by atoms with Crippen LogP contribution in [0.15, 0.2) is 18.7 Å². The van der Waals surface area contributed by atoms with Gasteiger partial charge in [0.2, 0.25) is 0 Å². The van der Waals surface area contributed by atoms with Crippen LogP contribution < -0.4 is 11.3 Å². The molecule has 0 aliphatic heterocycles. The monoisotopic (exact) mass is 204 g/mol. The lowest BCUT2D eigenvalue weighted by Crippen LogP contribution is -2.10. The van der Waals surface area contributed by atoms with Gasteiger partial charge in [-0.25, -0.2) is 20.8 Å². The Balaban J connectivity index is 2.49. The quantitative estimate of drug-likeness (QED) is 0.552. The highest BCUT2D eigenvalue weighted by molar-refractivity contribution is 5.40. The van der Waals surface area contributed by atoms with Crippen LogP contribution in [0, 0.1) is 13.8 Å². The van der Waals surface area contributed by atoms with Gasteiger partial charge in [0.05, 0.1) is 5.69 Å². The molecule has 0 aliphatic rings. The van der Waals surface area contributed by atoms with E-state index in [4.69, 9.17) is 5.84 Å². The molecule has 0 radical (unpaired) electrons. The number of rotatable bonds is 2. The molecule has 0 aromatic carbocycles. The van der Waals surface area contributed by atoms with E-state index in [1.807, 2.05) is 18.4 Å². The molecule has 2 aromatic rings. The van der Waals surface area contributed by atoms with Gasteiger partial charge in [-0.2, -0.15) is 0 Å². The molecule has 3 N–H and O–H groups in total. The van der Waals surface area contributed by atoms with Crippen LogP contribution in [0.25, 0.3) is 5.82 Å². The summed E-state index contributed by atoms with van der Waals surface area (Å²) in [5.41, 5.74) is 4.51. The van der Waals surface area contributed by atoms with Crippen LogP contribution >= 0.6 is 0 Å². The van der Waals surface area contributed by atoms with Gasteiger partial charge in [-0.05, 0) is 13.8 Å². The highest BCUT2D eigenvalue weighted by Crippen LogP contribution is 2.12. The normalized spacial score (nSPS) is 10.3. The maximum absolute atomic E-state index is 5.27. The first-order valence-corrected chi connectivity index (χ1v) is 4.52. The predicted molar refractivity (Wildman–Crippen MR) is 56.4 cm³/mol. The van der Waals surface area contributed by atoms with E-state index in [-0.39, 0.29) is 0 Å². The van der Waals surface area contributed by atoms with E-state index < -0.39 is 0 Å². The third kappa shape index (κ3) is 1.66. The van der Waals surface area contributed by atoms with Gasteiger partial charge < -0.3 is 5.43 Å². The molecule has 0 amide bonds. The molecule has 6 heteroatoms. The van der Waals surface area contributed by atoms with E-state index in [1.165, 1.54) is 6.33 Å². The van der Waals surface area contributed by atoms with Crippen molar-refractivity contribution >= 4 is 5.82 Å². The fraction of sp³-hybridized carbons (Fsp3) is 0.222. The van der Waals surface area contributed by atoms with Gasteiger partial charge in [-0.15, -0.1) is 0 Å². The van der Waals surface area contributed by atoms with Crippen LogP contribution in [0.3, 0.4) is 0 Å². The Morgan fingerprint density at radius 2 is 2.07 bits per heavy atom. The summed E-state index contributed by atoms with van der Waals surface area (Å²) in [4.78, 5) is 12.3. The van der Waals surface area contributed by atoms with Crippen molar-refractivity contribution in [2.24, 2.45) is 5.84 Å². The zero-order valence-electron chi connectivity index (χ0n) is 8.60. The van der Waals surface area contributed by atoms with E-state index in [1.54, 1.807) is 12.4 Å². The molecule has 0 saturated carbocycles.